The maximum absolute atomic E-state index is 13.0. The van der Waals surface area contributed by atoms with E-state index in [-0.39, 0.29) is 23.1 Å². The molecule has 2 aromatic rings. The van der Waals surface area contributed by atoms with E-state index in [0.29, 0.717) is 62.0 Å². The highest BCUT2D eigenvalue weighted by Gasteiger charge is 2.31. The van der Waals surface area contributed by atoms with Gasteiger partial charge in [0.15, 0.2) is 11.5 Å². The summed E-state index contributed by atoms with van der Waals surface area (Å²) in [5, 5.41) is 3.61. The molecule has 0 unspecified atom stereocenters. The molecule has 2 aliphatic heterocycles. The molecule has 0 spiro atoms. The summed E-state index contributed by atoms with van der Waals surface area (Å²) in [6.45, 7) is 6.82. The SMILES string of the molecule is COc1ccc(Cl)cc1C(=O)N1CCC(C(=O)NCC(C)(C)c2ccc3c(c2)OCCO3)CC1. The number of piperidine rings is 1. The van der Waals surface area contributed by atoms with E-state index in [1.807, 2.05) is 18.2 Å². The van der Waals surface area contributed by atoms with Crippen LogP contribution in [0.3, 0.4) is 0 Å². The molecule has 0 atom stereocenters. The molecule has 0 saturated carbocycles. The molecule has 34 heavy (non-hydrogen) atoms. The molecule has 1 N–H and O–H groups in total. The Labute approximate surface area is 205 Å². The minimum absolute atomic E-state index is 0.0260. The van der Waals surface area contributed by atoms with Gasteiger partial charge in [0.25, 0.3) is 5.91 Å². The average Bonchev–Trinajstić information content (AvgIpc) is 2.86. The van der Waals surface area contributed by atoms with Crippen LogP contribution in [0.25, 0.3) is 0 Å². The van der Waals surface area contributed by atoms with Gasteiger partial charge in [-0.25, -0.2) is 0 Å². The molecule has 2 heterocycles. The monoisotopic (exact) mass is 486 g/mol. The van der Waals surface area contributed by atoms with Crippen LogP contribution >= 0.6 is 11.6 Å². The number of hydrogen-bond acceptors (Lipinski definition) is 5. The lowest BCUT2D eigenvalue weighted by Gasteiger charge is -2.33. The molecule has 2 amide bonds. The summed E-state index contributed by atoms with van der Waals surface area (Å²) in [5.41, 5.74) is 1.25. The number of ether oxygens (including phenoxy) is 3. The minimum Gasteiger partial charge on any atom is -0.496 e. The predicted octanol–water partition coefficient (Wildman–Crippen LogP) is 4.07. The second-order valence-electron chi connectivity index (χ2n) is 9.37. The van der Waals surface area contributed by atoms with Crippen molar-refractivity contribution in [1.82, 2.24) is 10.2 Å². The van der Waals surface area contributed by atoms with Crippen LogP contribution in [0.5, 0.6) is 17.2 Å². The number of fused-ring (bicyclic) bond motifs is 1. The second kappa shape index (κ2) is 10.1. The Balaban J connectivity index is 1.31. The first kappa shape index (κ1) is 24.2. The smallest absolute Gasteiger partial charge is 0.257 e. The number of carbonyl (C=O) groups is 2. The number of likely N-dealkylation sites (tertiary alicyclic amines) is 1. The molecule has 0 radical (unpaired) electrons. The molecule has 2 aromatic carbocycles. The van der Waals surface area contributed by atoms with Crippen molar-refractivity contribution in [3.63, 3.8) is 0 Å². The van der Waals surface area contributed by atoms with Gasteiger partial charge >= 0.3 is 0 Å². The van der Waals surface area contributed by atoms with Crippen molar-refractivity contribution in [2.24, 2.45) is 5.92 Å². The van der Waals surface area contributed by atoms with Crippen molar-refractivity contribution in [3.8, 4) is 17.2 Å². The third kappa shape index (κ3) is 5.25. The van der Waals surface area contributed by atoms with Gasteiger partial charge in [-0.05, 0) is 48.7 Å². The van der Waals surface area contributed by atoms with E-state index in [4.69, 9.17) is 25.8 Å². The van der Waals surface area contributed by atoms with Gasteiger partial charge in [-0.1, -0.05) is 31.5 Å². The maximum atomic E-state index is 13.0. The van der Waals surface area contributed by atoms with E-state index < -0.39 is 0 Å². The van der Waals surface area contributed by atoms with Crippen molar-refractivity contribution < 1.29 is 23.8 Å². The highest BCUT2D eigenvalue weighted by Crippen LogP contribution is 2.35. The van der Waals surface area contributed by atoms with Gasteiger partial charge < -0.3 is 24.4 Å². The number of nitrogens with one attached hydrogen (secondary N) is 1. The van der Waals surface area contributed by atoms with Crippen LogP contribution in [0.2, 0.25) is 5.02 Å². The lowest BCUT2D eigenvalue weighted by Crippen LogP contribution is -2.45. The van der Waals surface area contributed by atoms with Gasteiger partial charge in [0, 0.05) is 36.0 Å². The molecule has 182 valence electrons. The van der Waals surface area contributed by atoms with Crippen LogP contribution in [0.1, 0.15) is 42.6 Å². The van der Waals surface area contributed by atoms with Crippen molar-refractivity contribution in [1.29, 1.82) is 0 Å². The average molecular weight is 487 g/mol. The number of rotatable bonds is 6. The van der Waals surface area contributed by atoms with Gasteiger partial charge in [0.1, 0.15) is 19.0 Å². The highest BCUT2D eigenvalue weighted by atomic mass is 35.5. The molecule has 0 aromatic heterocycles. The Hall–Kier alpha value is -2.93. The number of amides is 2. The van der Waals surface area contributed by atoms with Gasteiger partial charge in [-0.15, -0.1) is 0 Å². The van der Waals surface area contributed by atoms with Crippen molar-refractivity contribution in [2.75, 3.05) is 40.0 Å². The van der Waals surface area contributed by atoms with Crippen LogP contribution in [-0.4, -0.2) is 56.7 Å². The first-order valence-corrected chi connectivity index (χ1v) is 12.0. The molecule has 2 aliphatic rings. The van der Waals surface area contributed by atoms with Crippen LogP contribution in [0, 0.1) is 5.92 Å². The fourth-order valence-electron chi connectivity index (χ4n) is 4.38. The van der Waals surface area contributed by atoms with Gasteiger partial charge in [0.2, 0.25) is 5.91 Å². The molecular formula is C26H31ClN2O5. The first-order valence-electron chi connectivity index (χ1n) is 11.6. The summed E-state index contributed by atoms with van der Waals surface area (Å²) in [5.74, 6) is 1.77. The number of hydrogen-bond donors (Lipinski definition) is 1. The zero-order valence-corrected chi connectivity index (χ0v) is 20.6. The van der Waals surface area contributed by atoms with Crippen LogP contribution in [0.15, 0.2) is 36.4 Å². The number of halogens is 1. The van der Waals surface area contributed by atoms with Gasteiger partial charge in [0.05, 0.1) is 12.7 Å². The van der Waals surface area contributed by atoms with Crippen LogP contribution in [0.4, 0.5) is 0 Å². The quantitative estimate of drug-likeness (QED) is 0.666. The molecule has 1 saturated heterocycles. The minimum atomic E-state index is -0.273. The molecule has 7 nitrogen and oxygen atoms in total. The summed E-state index contributed by atoms with van der Waals surface area (Å²) < 4.78 is 16.6. The number of nitrogens with zero attached hydrogens (tertiary/aromatic N) is 1. The molecule has 8 heteroatoms. The third-order valence-electron chi connectivity index (χ3n) is 6.57. The number of benzene rings is 2. The van der Waals surface area contributed by atoms with Crippen LogP contribution < -0.4 is 19.5 Å². The van der Waals surface area contributed by atoms with Crippen LogP contribution in [-0.2, 0) is 10.2 Å². The lowest BCUT2D eigenvalue weighted by atomic mass is 9.84. The topological polar surface area (TPSA) is 77.1 Å². The third-order valence-corrected chi connectivity index (χ3v) is 6.81. The molecule has 4 rings (SSSR count). The maximum Gasteiger partial charge on any atom is 0.257 e. The number of methoxy groups -OCH3 is 1. The standard InChI is InChI=1S/C26H31ClN2O5/c1-26(2,18-4-6-22-23(14-18)34-13-12-33-22)16-28-24(30)17-8-10-29(11-9-17)25(31)20-15-19(27)5-7-21(20)32-3/h4-7,14-15,17H,8-13,16H2,1-3H3,(H,28,30). The van der Waals surface area contributed by atoms with E-state index in [9.17, 15) is 9.59 Å². The zero-order valence-electron chi connectivity index (χ0n) is 19.9. The Morgan fingerprint density at radius 3 is 2.50 bits per heavy atom. The predicted molar refractivity (Wildman–Crippen MR) is 130 cm³/mol. The van der Waals surface area contributed by atoms with E-state index in [1.165, 1.54) is 7.11 Å². The highest BCUT2D eigenvalue weighted by molar-refractivity contribution is 6.31. The molecule has 1 fully saturated rings. The fraction of sp³-hybridized carbons (Fsp3) is 0.462. The molecule has 0 aliphatic carbocycles. The molecular weight excluding hydrogens is 456 g/mol. The Bertz CT molecular complexity index is 1060. The largest absolute Gasteiger partial charge is 0.496 e. The summed E-state index contributed by atoms with van der Waals surface area (Å²) in [7, 11) is 1.53. The lowest BCUT2D eigenvalue weighted by molar-refractivity contribution is -0.126. The van der Waals surface area contributed by atoms with Crippen molar-refractivity contribution in [2.45, 2.75) is 32.1 Å². The Morgan fingerprint density at radius 2 is 1.79 bits per heavy atom. The zero-order chi connectivity index (χ0) is 24.3. The first-order chi connectivity index (χ1) is 16.3. The summed E-state index contributed by atoms with van der Waals surface area (Å²) in [6, 6.07) is 11.0. The summed E-state index contributed by atoms with van der Waals surface area (Å²) in [6.07, 6.45) is 1.23. The van der Waals surface area contributed by atoms with E-state index >= 15 is 0 Å². The van der Waals surface area contributed by atoms with Crippen molar-refractivity contribution in [3.05, 3.63) is 52.5 Å². The fourth-order valence-corrected chi connectivity index (χ4v) is 4.55. The van der Waals surface area contributed by atoms with Crippen molar-refractivity contribution >= 4 is 23.4 Å². The summed E-state index contributed by atoms with van der Waals surface area (Å²) in [4.78, 5) is 27.7. The van der Waals surface area contributed by atoms with Gasteiger partial charge in [-0.3, -0.25) is 9.59 Å². The normalized spacial score (nSPS) is 16.2. The van der Waals surface area contributed by atoms with Gasteiger partial charge in [-0.2, -0.15) is 0 Å². The second-order valence-corrected chi connectivity index (χ2v) is 9.81. The van der Waals surface area contributed by atoms with E-state index in [2.05, 4.69) is 19.2 Å². The molecule has 0 bridgehead atoms. The Morgan fingerprint density at radius 1 is 1.09 bits per heavy atom. The van der Waals surface area contributed by atoms with E-state index in [0.717, 1.165) is 17.1 Å². The Kier molecular flexibility index (Phi) is 7.22. The summed E-state index contributed by atoms with van der Waals surface area (Å²) >= 11 is 6.08. The number of carbonyl (C=O) groups excluding carboxylic acids is 2. The van der Waals surface area contributed by atoms with E-state index in [1.54, 1.807) is 23.1 Å².